The second-order valence-corrected chi connectivity index (χ2v) is 11.0. The van der Waals surface area contributed by atoms with Gasteiger partial charge in [0.15, 0.2) is 0 Å². The van der Waals surface area contributed by atoms with Crippen LogP contribution in [-0.4, -0.2) is 0 Å². The molecule has 0 saturated heterocycles. The minimum atomic E-state index is 0.258. The zero-order valence-corrected chi connectivity index (χ0v) is 24.1. The molecule has 7 aromatic rings. The summed E-state index contributed by atoms with van der Waals surface area (Å²) in [7, 11) is 0. The molecule has 0 saturated carbocycles. The van der Waals surface area contributed by atoms with E-state index in [0.717, 1.165) is 17.8 Å². The third kappa shape index (κ3) is 5.22. The highest BCUT2D eigenvalue weighted by molar-refractivity contribution is 6.12. The molecule has 0 fully saturated rings. The van der Waals surface area contributed by atoms with E-state index in [0.29, 0.717) is 0 Å². The number of anilines is 2. The first-order valence-electron chi connectivity index (χ1n) is 14.9. The van der Waals surface area contributed by atoms with E-state index >= 15 is 0 Å². The third-order valence-electron chi connectivity index (χ3n) is 8.39. The van der Waals surface area contributed by atoms with Gasteiger partial charge in [0.25, 0.3) is 0 Å². The lowest BCUT2D eigenvalue weighted by Crippen LogP contribution is -2.09. The van der Waals surface area contributed by atoms with Crippen LogP contribution < -0.4 is 4.90 Å². The van der Waals surface area contributed by atoms with Crippen molar-refractivity contribution < 1.29 is 0 Å². The van der Waals surface area contributed by atoms with Crippen LogP contribution in [0.2, 0.25) is 0 Å². The summed E-state index contributed by atoms with van der Waals surface area (Å²) in [5.41, 5.74) is 6.06. The molecule has 0 heterocycles. The Kier molecular flexibility index (Phi) is 7.29. The van der Waals surface area contributed by atoms with E-state index < -0.39 is 0 Å². The lowest BCUT2D eigenvalue weighted by molar-refractivity contribution is 0.863. The lowest BCUT2D eigenvalue weighted by Gasteiger charge is -2.24. The van der Waals surface area contributed by atoms with Gasteiger partial charge in [0.05, 0.1) is 5.69 Å². The summed E-state index contributed by atoms with van der Waals surface area (Å²) in [5, 5.41) is 7.52. The molecule has 0 radical (unpaired) electrons. The van der Waals surface area contributed by atoms with Gasteiger partial charge in [-0.05, 0) is 74.3 Å². The highest BCUT2D eigenvalue weighted by Crippen LogP contribution is 2.39. The molecular formula is C42H33N. The second-order valence-electron chi connectivity index (χ2n) is 11.0. The average Bonchev–Trinajstić information content (AvgIpc) is 3.08. The van der Waals surface area contributed by atoms with Gasteiger partial charge in [-0.3, -0.25) is 0 Å². The minimum absolute atomic E-state index is 0.258. The van der Waals surface area contributed by atoms with E-state index in [1.807, 2.05) is 6.08 Å². The number of benzene rings is 7. The van der Waals surface area contributed by atoms with Crippen molar-refractivity contribution in [3.63, 3.8) is 0 Å². The fourth-order valence-electron chi connectivity index (χ4n) is 6.22. The normalized spacial score (nSPS) is 12.2. The molecule has 1 atom stereocenters. The number of nitrogens with zero attached hydrogens (tertiary/aromatic N) is 1. The summed E-state index contributed by atoms with van der Waals surface area (Å²) in [4.78, 5) is 2.32. The Morgan fingerprint density at radius 2 is 1.14 bits per heavy atom. The van der Waals surface area contributed by atoms with Gasteiger partial charge < -0.3 is 4.90 Å². The van der Waals surface area contributed by atoms with Gasteiger partial charge in [0, 0.05) is 23.2 Å². The Labute approximate surface area is 253 Å². The van der Waals surface area contributed by atoms with Crippen LogP contribution in [-0.2, 0) is 0 Å². The van der Waals surface area contributed by atoms with Crippen LogP contribution in [0.1, 0.15) is 17.9 Å². The molecular weight excluding hydrogens is 518 g/mol. The standard InChI is InChI=1S/C42H33N/c1-2-31(32-14-4-3-5-15-32)20-13-29-43(41-24-12-19-33-16-6-9-21-38(33)41)37-27-25-34(26-28-37)42-39-22-10-7-17-35(39)30-36-18-8-11-23-40(36)42/h2-19,21-31H,1,20H2/b29-13+. The van der Waals surface area contributed by atoms with Crippen LogP contribution >= 0.6 is 0 Å². The molecule has 1 heteroatoms. The zero-order valence-electron chi connectivity index (χ0n) is 24.1. The average molecular weight is 552 g/mol. The summed E-state index contributed by atoms with van der Waals surface area (Å²) in [5.74, 6) is 0.258. The topological polar surface area (TPSA) is 3.24 Å². The minimum Gasteiger partial charge on any atom is -0.317 e. The first kappa shape index (κ1) is 26.5. The largest absolute Gasteiger partial charge is 0.317 e. The number of hydrogen-bond acceptors (Lipinski definition) is 1. The maximum absolute atomic E-state index is 4.13. The second kappa shape index (κ2) is 11.8. The molecule has 7 aromatic carbocycles. The number of hydrogen-bond donors (Lipinski definition) is 0. The summed E-state index contributed by atoms with van der Waals surface area (Å²) in [6.07, 6.45) is 7.41. The van der Waals surface area contributed by atoms with E-state index in [9.17, 15) is 0 Å². The fraction of sp³-hybridized carbons (Fsp3) is 0.0476. The van der Waals surface area contributed by atoms with Crippen molar-refractivity contribution in [1.82, 2.24) is 0 Å². The Bertz CT molecular complexity index is 2010. The van der Waals surface area contributed by atoms with Crippen molar-refractivity contribution in [1.29, 1.82) is 0 Å². The van der Waals surface area contributed by atoms with Crippen molar-refractivity contribution in [3.8, 4) is 11.1 Å². The Morgan fingerprint density at radius 1 is 0.558 bits per heavy atom. The molecule has 0 aliphatic heterocycles. The van der Waals surface area contributed by atoms with Gasteiger partial charge in [-0.25, -0.2) is 0 Å². The third-order valence-corrected chi connectivity index (χ3v) is 8.39. The number of rotatable bonds is 8. The van der Waals surface area contributed by atoms with Crippen LogP contribution in [0.5, 0.6) is 0 Å². The number of allylic oxidation sites excluding steroid dienone is 2. The first-order valence-corrected chi connectivity index (χ1v) is 14.9. The summed E-state index contributed by atoms with van der Waals surface area (Å²) < 4.78 is 0. The predicted molar refractivity (Wildman–Crippen MR) is 186 cm³/mol. The molecule has 0 aliphatic rings. The molecule has 1 unspecified atom stereocenters. The molecule has 0 spiro atoms. The van der Waals surface area contributed by atoms with E-state index in [1.165, 1.54) is 49.0 Å². The van der Waals surface area contributed by atoms with Crippen molar-refractivity contribution in [3.05, 3.63) is 182 Å². The van der Waals surface area contributed by atoms with Gasteiger partial charge in [-0.15, -0.1) is 6.58 Å². The molecule has 206 valence electrons. The van der Waals surface area contributed by atoms with Crippen LogP contribution in [0.15, 0.2) is 177 Å². The van der Waals surface area contributed by atoms with E-state index in [1.54, 1.807) is 0 Å². The quantitative estimate of drug-likeness (QED) is 0.134. The lowest BCUT2D eigenvalue weighted by atomic mass is 9.92. The smallest absolute Gasteiger partial charge is 0.0533 e. The molecule has 0 bridgehead atoms. The Morgan fingerprint density at radius 3 is 1.81 bits per heavy atom. The predicted octanol–water partition coefficient (Wildman–Crippen LogP) is 11.8. The fourth-order valence-corrected chi connectivity index (χ4v) is 6.22. The molecule has 43 heavy (non-hydrogen) atoms. The number of fused-ring (bicyclic) bond motifs is 3. The Balaban J connectivity index is 1.31. The SMILES string of the molecule is C=CC(C/C=C/N(c1ccc(-c2c3ccccc3cc3ccccc23)cc1)c1cccc2ccccc12)c1ccccc1. The van der Waals surface area contributed by atoms with Crippen molar-refractivity contribution in [2.45, 2.75) is 12.3 Å². The molecule has 1 nitrogen and oxygen atoms in total. The van der Waals surface area contributed by atoms with Gasteiger partial charge in [0.2, 0.25) is 0 Å². The summed E-state index contributed by atoms with van der Waals surface area (Å²) >= 11 is 0. The highest BCUT2D eigenvalue weighted by Gasteiger charge is 2.14. The highest BCUT2D eigenvalue weighted by atomic mass is 15.1. The molecule has 7 rings (SSSR count). The van der Waals surface area contributed by atoms with E-state index in [-0.39, 0.29) is 5.92 Å². The van der Waals surface area contributed by atoms with E-state index in [4.69, 9.17) is 0 Å². The van der Waals surface area contributed by atoms with Crippen LogP contribution in [0, 0.1) is 0 Å². The Hall–Kier alpha value is -5.40. The molecule has 0 aromatic heterocycles. The first-order chi connectivity index (χ1) is 21.3. The maximum atomic E-state index is 4.13. The van der Waals surface area contributed by atoms with Crippen molar-refractivity contribution >= 4 is 43.7 Å². The molecule has 0 aliphatic carbocycles. The van der Waals surface area contributed by atoms with Crippen LogP contribution in [0.4, 0.5) is 11.4 Å². The van der Waals surface area contributed by atoms with Crippen molar-refractivity contribution in [2.75, 3.05) is 4.90 Å². The zero-order chi connectivity index (χ0) is 29.0. The van der Waals surface area contributed by atoms with Gasteiger partial charge in [-0.1, -0.05) is 140 Å². The van der Waals surface area contributed by atoms with Crippen LogP contribution in [0.3, 0.4) is 0 Å². The summed E-state index contributed by atoms with van der Waals surface area (Å²) in [6, 6.07) is 54.5. The molecule has 0 N–H and O–H groups in total. The maximum Gasteiger partial charge on any atom is 0.0533 e. The van der Waals surface area contributed by atoms with Gasteiger partial charge in [-0.2, -0.15) is 0 Å². The summed E-state index contributed by atoms with van der Waals surface area (Å²) in [6.45, 7) is 4.13. The monoisotopic (exact) mass is 551 g/mol. The van der Waals surface area contributed by atoms with Crippen molar-refractivity contribution in [2.24, 2.45) is 0 Å². The van der Waals surface area contributed by atoms with Gasteiger partial charge in [0.1, 0.15) is 0 Å². The van der Waals surface area contributed by atoms with Gasteiger partial charge >= 0.3 is 0 Å². The molecule has 0 amide bonds. The van der Waals surface area contributed by atoms with Crippen LogP contribution in [0.25, 0.3) is 43.4 Å². The van der Waals surface area contributed by atoms with E-state index in [2.05, 4.69) is 175 Å².